The zero-order valence-electron chi connectivity index (χ0n) is 17.9. The van der Waals surface area contributed by atoms with Gasteiger partial charge < -0.3 is 32.2 Å². The number of halogens is 1. The average Bonchev–Trinajstić information content (AvgIpc) is 2.75. The molecule has 0 aliphatic rings. The van der Waals surface area contributed by atoms with Crippen LogP contribution in [0.4, 0.5) is 11.6 Å². The molecule has 174 valence electrons. The van der Waals surface area contributed by atoms with Crippen molar-refractivity contribution in [1.29, 1.82) is 0 Å². The predicted octanol–water partition coefficient (Wildman–Crippen LogP) is 0.0938. The molecule has 0 saturated heterocycles. The van der Waals surface area contributed by atoms with Gasteiger partial charge in [0.2, 0.25) is 0 Å². The Morgan fingerprint density at radius 2 is 1.82 bits per heavy atom. The van der Waals surface area contributed by atoms with Crippen molar-refractivity contribution in [3.05, 3.63) is 40.7 Å². The molecule has 9 N–H and O–H groups in total. The number of amides is 1. The monoisotopic (exact) mass is 905 g/mol. The van der Waals surface area contributed by atoms with Crippen molar-refractivity contribution in [3.8, 4) is 5.75 Å². The number of ether oxygens (including phenoxy) is 1. The van der Waals surface area contributed by atoms with E-state index in [0.29, 0.717) is 12.3 Å². The first-order valence-electron chi connectivity index (χ1n) is 9.50. The van der Waals surface area contributed by atoms with Crippen molar-refractivity contribution in [3.63, 3.8) is 0 Å². The van der Waals surface area contributed by atoms with E-state index in [1.807, 2.05) is 24.3 Å². The molecular weight excluding hydrogens is 880 g/mol. The molecule has 0 saturated carbocycles. The van der Waals surface area contributed by atoms with E-state index >= 15 is 0 Å². The van der Waals surface area contributed by atoms with E-state index in [4.69, 9.17) is 38.6 Å². The molecule has 0 fully saturated rings. The number of nitrogens with one attached hydrogen (secondary N) is 1. The molecule has 0 aliphatic carbocycles. The first kappa shape index (κ1) is 32.7. The minimum Gasteiger partial charge on any atom is -0.491 e. The maximum atomic E-state index is 12.2. The van der Waals surface area contributed by atoms with Crippen LogP contribution in [0.25, 0.3) is 0 Å². The molecule has 0 bridgehead atoms. The van der Waals surface area contributed by atoms with Gasteiger partial charge in [0, 0.05) is 94.7 Å². The molecule has 2 radical (unpaired) electrons. The number of aliphatic hydroxyl groups excluding tert-OH is 2. The molecule has 14 heteroatoms. The summed E-state index contributed by atoms with van der Waals surface area (Å²) in [6.45, 7) is 0.124. The van der Waals surface area contributed by atoms with Crippen molar-refractivity contribution >= 4 is 35.1 Å². The van der Waals surface area contributed by atoms with Gasteiger partial charge in [0.1, 0.15) is 18.5 Å². The number of aliphatic imine (C=N–C) groups is 1. The minimum absolute atomic E-state index is 0. The number of anilines is 2. The van der Waals surface area contributed by atoms with Gasteiger partial charge in [-0.05, 0) is 37.0 Å². The van der Waals surface area contributed by atoms with Crippen LogP contribution in [-0.4, -0.2) is 57.9 Å². The normalized spacial score (nSPS) is 11.7. The standard InChI is InChI=1S/C19H26ClN7O4.2Ac/c20-15-17(22)26-16(21)14(25-15)18(30)27-19(23)24-8-2-1-3-11-4-6-13(7-5-11)31-10-12(29)9-28;;/h4-7,12,28-29H,1-3,8-10H2,(H4,21,22,26)(H3,23,24,27,30);;. The van der Waals surface area contributed by atoms with Crippen LogP contribution in [0.2, 0.25) is 5.15 Å². The topological polar surface area (TPSA) is 195 Å². The Bertz CT molecular complexity index is 920. The van der Waals surface area contributed by atoms with Gasteiger partial charge in [-0.25, -0.2) is 9.97 Å². The number of unbranched alkanes of at least 4 members (excludes halogenated alkanes) is 1. The van der Waals surface area contributed by atoms with Crippen LogP contribution in [0.3, 0.4) is 0 Å². The van der Waals surface area contributed by atoms with E-state index in [0.717, 1.165) is 24.8 Å². The van der Waals surface area contributed by atoms with Gasteiger partial charge >= 0.3 is 0 Å². The van der Waals surface area contributed by atoms with E-state index in [1.54, 1.807) is 0 Å². The van der Waals surface area contributed by atoms with E-state index in [-0.39, 0.29) is 130 Å². The van der Waals surface area contributed by atoms with Crippen LogP contribution in [0.1, 0.15) is 28.9 Å². The van der Waals surface area contributed by atoms with E-state index in [9.17, 15) is 9.90 Å². The van der Waals surface area contributed by atoms with Crippen LogP contribution in [0.15, 0.2) is 29.3 Å². The molecule has 11 nitrogen and oxygen atoms in total. The molecule has 1 atom stereocenters. The number of nitrogens with two attached hydrogens (primary N) is 3. The largest absolute Gasteiger partial charge is 0.491 e. The van der Waals surface area contributed by atoms with Gasteiger partial charge in [-0.1, -0.05) is 23.7 Å². The smallest absolute Gasteiger partial charge is 0.280 e. The zero-order valence-corrected chi connectivity index (χ0v) is 28.2. The van der Waals surface area contributed by atoms with Gasteiger partial charge in [0.25, 0.3) is 5.91 Å². The molecule has 1 aromatic carbocycles. The molecule has 0 spiro atoms. The summed E-state index contributed by atoms with van der Waals surface area (Å²) in [5.74, 6) is -0.349. The number of hydrogen-bond acceptors (Lipinski definition) is 9. The molecule has 2 aromatic rings. The number of carbonyl (C=O) groups is 1. The molecule has 1 amide bonds. The number of nitrogen functional groups attached to an aromatic ring is 2. The Balaban J connectivity index is 0.00000512. The summed E-state index contributed by atoms with van der Waals surface area (Å²) in [7, 11) is 0. The minimum atomic E-state index is -0.896. The fraction of sp³-hybridized carbons (Fsp3) is 0.368. The zero-order chi connectivity index (χ0) is 22.8. The Morgan fingerprint density at radius 1 is 1.15 bits per heavy atom. The molecule has 1 unspecified atom stereocenters. The second kappa shape index (κ2) is 17.2. The molecule has 33 heavy (non-hydrogen) atoms. The van der Waals surface area contributed by atoms with Crippen LogP contribution < -0.4 is 27.3 Å². The third-order valence-electron chi connectivity index (χ3n) is 4.09. The van der Waals surface area contributed by atoms with Crippen molar-refractivity contribution in [1.82, 2.24) is 15.3 Å². The number of carbonyl (C=O) groups excluding carboxylic acids is 1. The summed E-state index contributed by atoms with van der Waals surface area (Å²) in [6, 6.07) is 7.48. The SMILES string of the molecule is NC(=NCCCCc1ccc(OCC(O)CO)cc1)NC(=O)c1nc(Cl)c(N)nc1N.[Ac].[Ac]. The van der Waals surface area contributed by atoms with Crippen molar-refractivity contribution < 1.29 is 108 Å². The Labute approximate surface area is 268 Å². The van der Waals surface area contributed by atoms with Crippen LogP contribution in [-0.2, 0) is 6.42 Å². The van der Waals surface area contributed by atoms with Gasteiger partial charge in [-0.15, -0.1) is 0 Å². The van der Waals surface area contributed by atoms with Crippen LogP contribution in [0, 0.1) is 88.1 Å². The Kier molecular flexibility index (Phi) is 17.1. The van der Waals surface area contributed by atoms with Gasteiger partial charge in [-0.2, -0.15) is 0 Å². The number of aromatic nitrogens is 2. The molecular formula is C19H26Ac2ClN7O4. The second-order valence-electron chi connectivity index (χ2n) is 6.60. The van der Waals surface area contributed by atoms with Gasteiger partial charge in [0.15, 0.2) is 28.4 Å². The van der Waals surface area contributed by atoms with Crippen molar-refractivity contribution in [2.45, 2.75) is 25.4 Å². The van der Waals surface area contributed by atoms with Crippen molar-refractivity contribution in [2.24, 2.45) is 10.7 Å². The molecule has 0 aliphatic heterocycles. The third kappa shape index (κ3) is 11.8. The summed E-state index contributed by atoms with van der Waals surface area (Å²) in [4.78, 5) is 23.8. The number of benzene rings is 1. The Morgan fingerprint density at radius 3 is 2.45 bits per heavy atom. The number of guanidine groups is 1. The summed E-state index contributed by atoms with van der Waals surface area (Å²) >= 11 is 5.76. The maximum Gasteiger partial charge on any atom is 0.280 e. The molecule has 1 aromatic heterocycles. The predicted molar refractivity (Wildman–Crippen MR) is 118 cm³/mol. The summed E-state index contributed by atoms with van der Waals surface area (Å²) in [5, 5.41) is 20.3. The molecule has 2 rings (SSSR count). The Hall–Kier alpha value is -0.267. The van der Waals surface area contributed by atoms with E-state index in [2.05, 4.69) is 20.3 Å². The van der Waals surface area contributed by atoms with Crippen LogP contribution >= 0.6 is 11.6 Å². The number of rotatable bonds is 10. The van der Waals surface area contributed by atoms with E-state index < -0.39 is 12.0 Å². The second-order valence-corrected chi connectivity index (χ2v) is 6.96. The fourth-order valence-electron chi connectivity index (χ4n) is 2.46. The number of aryl methyl sites for hydroxylation is 1. The van der Waals surface area contributed by atoms with Crippen molar-refractivity contribution in [2.75, 3.05) is 31.2 Å². The number of hydrogen-bond donors (Lipinski definition) is 6. The average molecular weight is 906 g/mol. The quantitative estimate of drug-likeness (QED) is 0.109. The van der Waals surface area contributed by atoms with Crippen LogP contribution in [0.5, 0.6) is 5.75 Å². The summed E-state index contributed by atoms with van der Waals surface area (Å²) < 4.78 is 5.36. The van der Waals surface area contributed by atoms with Gasteiger partial charge in [0.05, 0.1) is 6.61 Å². The fourth-order valence-corrected chi connectivity index (χ4v) is 2.59. The van der Waals surface area contributed by atoms with E-state index in [1.165, 1.54) is 0 Å². The first-order chi connectivity index (χ1) is 14.8. The number of aliphatic hydroxyl groups is 2. The molecule has 1 heterocycles. The maximum absolute atomic E-state index is 12.2. The summed E-state index contributed by atoms with van der Waals surface area (Å²) in [5.41, 5.74) is 17.8. The first-order valence-corrected chi connectivity index (χ1v) is 9.88. The third-order valence-corrected chi connectivity index (χ3v) is 4.37. The summed E-state index contributed by atoms with van der Waals surface area (Å²) in [6.07, 6.45) is 1.55. The van der Waals surface area contributed by atoms with Gasteiger partial charge in [-0.3, -0.25) is 15.1 Å². The number of nitrogens with zero attached hydrogens (tertiary/aromatic N) is 3.